The predicted octanol–water partition coefficient (Wildman–Crippen LogP) is 3.47. The van der Waals surface area contributed by atoms with E-state index >= 15 is 0 Å². The number of nitrogens with zero attached hydrogens (tertiary/aromatic N) is 5. The van der Waals surface area contributed by atoms with Crippen LogP contribution in [0.25, 0.3) is 22.0 Å². The molecule has 6 rings (SSSR count). The minimum atomic E-state index is -3.56. The number of anilines is 1. The van der Waals surface area contributed by atoms with Gasteiger partial charge >= 0.3 is 0 Å². The summed E-state index contributed by atoms with van der Waals surface area (Å²) in [5.41, 5.74) is 1.99. The van der Waals surface area contributed by atoms with Crippen molar-refractivity contribution in [3.8, 4) is 16.9 Å². The van der Waals surface area contributed by atoms with Crippen LogP contribution in [0, 0.1) is 5.92 Å². The van der Waals surface area contributed by atoms with E-state index in [0.29, 0.717) is 28.6 Å². The number of halogens is 2. The van der Waals surface area contributed by atoms with Gasteiger partial charge in [-0.3, -0.25) is 14.7 Å². The van der Waals surface area contributed by atoms with Gasteiger partial charge in [0.2, 0.25) is 0 Å². The Labute approximate surface area is 241 Å². The minimum absolute atomic E-state index is 0.0952. The van der Waals surface area contributed by atoms with Gasteiger partial charge in [0.25, 0.3) is 11.5 Å². The number of fused-ring (bicyclic) bond motifs is 1. The van der Waals surface area contributed by atoms with Crippen LogP contribution in [-0.4, -0.2) is 77.3 Å². The van der Waals surface area contributed by atoms with Gasteiger partial charge in [-0.05, 0) is 24.3 Å². The van der Waals surface area contributed by atoms with E-state index in [0.717, 1.165) is 37.7 Å². The molecule has 1 aliphatic heterocycles. The summed E-state index contributed by atoms with van der Waals surface area (Å²) in [4.78, 5) is 29.5. The first-order valence-corrected chi connectivity index (χ1v) is 15.5. The van der Waals surface area contributed by atoms with Crippen LogP contribution in [0.5, 0.6) is 5.75 Å². The van der Waals surface area contributed by atoms with E-state index in [-0.39, 0.29) is 35.0 Å². The van der Waals surface area contributed by atoms with Crippen molar-refractivity contribution in [1.82, 2.24) is 24.4 Å². The van der Waals surface area contributed by atoms with Gasteiger partial charge in [-0.25, -0.2) is 22.2 Å². The number of H-pyrrole nitrogens is 1. The van der Waals surface area contributed by atoms with Gasteiger partial charge in [-0.1, -0.05) is 6.92 Å². The number of hydrogen-bond donors (Lipinski definition) is 1. The average Bonchev–Trinajstić information content (AvgIpc) is 3.39. The Morgan fingerprint density at radius 3 is 2.55 bits per heavy atom. The molecule has 10 nitrogen and oxygen atoms in total. The first-order valence-electron chi connectivity index (χ1n) is 13.9. The number of hydrogen-bond acceptors (Lipinski definition) is 8. The molecule has 1 aliphatic carbocycles. The fraction of sp³-hybridized carbons (Fsp3) is 0.414. The second-order valence-corrected chi connectivity index (χ2v) is 13.2. The standard InChI is InChI=1S/C29H32F2N6O4S/c1-3-42(39,40)21-4-5-25(41-18-19-14-29(19,30)31)22(13-21)24-17-35(2)28(38)27-23(24)12-20(34-27)16-36-8-10-37(11-9-36)26-15-32-6-7-33-26/h4-7,12-13,15,17,19,34H,3,8-11,14,16,18H2,1-2H3. The second kappa shape index (κ2) is 10.8. The minimum Gasteiger partial charge on any atom is -0.492 e. The van der Waals surface area contributed by atoms with Crippen LogP contribution in [0.15, 0.2) is 58.7 Å². The van der Waals surface area contributed by atoms with Crippen molar-refractivity contribution in [3.05, 3.63) is 65.1 Å². The molecule has 222 valence electrons. The average molecular weight is 599 g/mol. The molecule has 1 aromatic carbocycles. The number of aryl methyl sites for hydroxylation is 1. The van der Waals surface area contributed by atoms with E-state index in [1.807, 2.05) is 6.07 Å². The third-order valence-corrected chi connectivity index (χ3v) is 9.77. The fourth-order valence-corrected chi connectivity index (χ4v) is 6.27. The van der Waals surface area contributed by atoms with E-state index in [1.165, 1.54) is 22.8 Å². The van der Waals surface area contributed by atoms with Crippen LogP contribution in [0.2, 0.25) is 0 Å². The number of nitrogens with one attached hydrogen (secondary N) is 1. The highest BCUT2D eigenvalue weighted by molar-refractivity contribution is 7.91. The molecule has 0 amide bonds. The van der Waals surface area contributed by atoms with E-state index in [4.69, 9.17) is 4.74 Å². The van der Waals surface area contributed by atoms with Crippen molar-refractivity contribution in [3.63, 3.8) is 0 Å². The maximum Gasteiger partial charge on any atom is 0.274 e. The number of rotatable bonds is 9. The molecule has 0 spiro atoms. The van der Waals surface area contributed by atoms with Crippen molar-refractivity contribution < 1.29 is 21.9 Å². The van der Waals surface area contributed by atoms with E-state index < -0.39 is 21.7 Å². The molecule has 4 aromatic rings. The molecule has 13 heteroatoms. The van der Waals surface area contributed by atoms with Crippen LogP contribution >= 0.6 is 0 Å². The van der Waals surface area contributed by atoms with Gasteiger partial charge < -0.3 is 19.2 Å². The Bertz CT molecular complexity index is 1780. The Morgan fingerprint density at radius 1 is 1.12 bits per heavy atom. The quantitative estimate of drug-likeness (QED) is 0.312. The molecule has 0 bridgehead atoms. The molecule has 0 radical (unpaired) electrons. The third kappa shape index (κ3) is 5.50. The highest BCUT2D eigenvalue weighted by atomic mass is 32.2. The van der Waals surface area contributed by atoms with Crippen molar-refractivity contribution in [2.45, 2.75) is 30.7 Å². The molecule has 1 atom stereocenters. The molecule has 1 saturated heterocycles. The molecule has 1 saturated carbocycles. The summed E-state index contributed by atoms with van der Waals surface area (Å²) >= 11 is 0. The smallest absolute Gasteiger partial charge is 0.274 e. The fourth-order valence-electron chi connectivity index (χ4n) is 5.37. The number of benzene rings is 1. The molecule has 2 aliphatic rings. The van der Waals surface area contributed by atoms with E-state index in [2.05, 4.69) is 24.8 Å². The summed E-state index contributed by atoms with van der Waals surface area (Å²) in [5, 5.41) is 0.610. The van der Waals surface area contributed by atoms with Gasteiger partial charge in [0.15, 0.2) is 9.84 Å². The Hall–Kier alpha value is -3.84. The lowest BCUT2D eigenvalue weighted by Gasteiger charge is -2.34. The van der Waals surface area contributed by atoms with E-state index in [9.17, 15) is 22.0 Å². The van der Waals surface area contributed by atoms with Crippen molar-refractivity contribution in [1.29, 1.82) is 0 Å². The molecular weight excluding hydrogens is 566 g/mol. The normalized spacial score (nSPS) is 18.9. The number of alkyl halides is 2. The van der Waals surface area contributed by atoms with Gasteiger partial charge in [0, 0.05) is 87.0 Å². The lowest BCUT2D eigenvalue weighted by molar-refractivity contribution is 0.0857. The third-order valence-electron chi connectivity index (χ3n) is 8.04. The monoisotopic (exact) mass is 598 g/mol. The Balaban J connectivity index is 1.33. The summed E-state index contributed by atoms with van der Waals surface area (Å²) in [7, 11) is -1.94. The van der Waals surface area contributed by atoms with Crippen LogP contribution in [-0.2, 0) is 23.4 Å². The molecule has 4 heterocycles. The van der Waals surface area contributed by atoms with Gasteiger partial charge in [0.1, 0.15) is 17.1 Å². The molecule has 3 aromatic heterocycles. The number of aromatic nitrogens is 4. The second-order valence-electron chi connectivity index (χ2n) is 10.9. The first-order chi connectivity index (χ1) is 20.1. The van der Waals surface area contributed by atoms with Gasteiger partial charge in [-0.2, -0.15) is 0 Å². The largest absolute Gasteiger partial charge is 0.492 e. The molecule has 1 N–H and O–H groups in total. The highest BCUT2D eigenvalue weighted by Crippen LogP contribution is 2.49. The summed E-state index contributed by atoms with van der Waals surface area (Å²) in [6.07, 6.45) is 6.48. The number of pyridine rings is 1. The van der Waals surface area contributed by atoms with Crippen molar-refractivity contribution in [2.75, 3.05) is 43.4 Å². The van der Waals surface area contributed by atoms with Crippen LogP contribution in [0.3, 0.4) is 0 Å². The van der Waals surface area contributed by atoms with Crippen LogP contribution in [0.4, 0.5) is 14.6 Å². The Kier molecular flexibility index (Phi) is 7.26. The molecule has 2 fully saturated rings. The van der Waals surface area contributed by atoms with Crippen molar-refractivity contribution >= 4 is 26.6 Å². The zero-order valence-corrected chi connectivity index (χ0v) is 24.2. The number of piperazine rings is 1. The Morgan fingerprint density at radius 2 is 1.88 bits per heavy atom. The SMILES string of the molecule is CCS(=O)(=O)c1ccc(OCC2CC2(F)F)c(-c2cn(C)c(=O)c3[nH]c(CN4CCN(c5cnccn5)CC4)cc23)c1. The van der Waals surface area contributed by atoms with E-state index in [1.54, 1.807) is 38.8 Å². The lowest BCUT2D eigenvalue weighted by Crippen LogP contribution is -2.46. The maximum absolute atomic E-state index is 13.6. The number of ether oxygens (including phenoxy) is 1. The number of sulfone groups is 1. The molecule has 1 unspecified atom stereocenters. The van der Waals surface area contributed by atoms with Gasteiger partial charge in [0.05, 0.1) is 29.4 Å². The highest BCUT2D eigenvalue weighted by Gasteiger charge is 2.57. The maximum atomic E-state index is 13.6. The van der Waals surface area contributed by atoms with Crippen molar-refractivity contribution in [2.24, 2.45) is 13.0 Å². The zero-order chi connectivity index (χ0) is 29.6. The van der Waals surface area contributed by atoms with Gasteiger partial charge in [-0.15, -0.1) is 0 Å². The zero-order valence-electron chi connectivity index (χ0n) is 23.4. The molecular formula is C29H32F2N6O4S. The van der Waals surface area contributed by atoms with Crippen LogP contribution < -0.4 is 15.2 Å². The lowest BCUT2D eigenvalue weighted by atomic mass is 10.0. The summed E-state index contributed by atoms with van der Waals surface area (Å²) in [5.74, 6) is -2.59. The summed E-state index contributed by atoms with van der Waals surface area (Å²) in [6, 6.07) is 6.36. The van der Waals surface area contributed by atoms with Crippen LogP contribution in [0.1, 0.15) is 19.0 Å². The molecule has 42 heavy (non-hydrogen) atoms. The predicted molar refractivity (Wildman–Crippen MR) is 155 cm³/mol. The first kappa shape index (κ1) is 28.3. The summed E-state index contributed by atoms with van der Waals surface area (Å²) in [6.45, 7) is 5.10. The number of aromatic amines is 1. The topological polar surface area (TPSA) is 113 Å². The summed E-state index contributed by atoms with van der Waals surface area (Å²) < 4.78 is 60.0.